The Morgan fingerprint density at radius 3 is 2.44 bits per heavy atom. The summed E-state index contributed by atoms with van der Waals surface area (Å²) in [6, 6.07) is 14.0. The Bertz CT molecular complexity index is 2140. The number of nitrogens with zero attached hydrogens (tertiary/aromatic N) is 8. The molecule has 9 rings (SSSR count). The topological polar surface area (TPSA) is 181 Å². The molecule has 6 aliphatic rings. The van der Waals surface area contributed by atoms with Crippen LogP contribution < -0.4 is 26.2 Å². The van der Waals surface area contributed by atoms with Crippen molar-refractivity contribution in [2.24, 2.45) is 11.7 Å². The third-order valence-electron chi connectivity index (χ3n) is 13.3. The number of hydrogen-bond acceptors (Lipinski definition) is 11. The van der Waals surface area contributed by atoms with Gasteiger partial charge in [0.2, 0.25) is 11.8 Å². The van der Waals surface area contributed by atoms with Gasteiger partial charge in [-0.2, -0.15) is 0 Å². The van der Waals surface area contributed by atoms with Crippen LogP contribution in [-0.2, 0) is 16.1 Å². The summed E-state index contributed by atoms with van der Waals surface area (Å²) in [6.45, 7) is 8.39. The molecule has 5 fully saturated rings. The Balaban J connectivity index is 0.764. The fraction of sp³-hybridized carbons (Fsp3) is 0.512. The molecule has 3 atom stereocenters. The minimum atomic E-state index is -0.650. The number of rotatable bonds is 10. The maximum atomic E-state index is 13.2. The zero-order valence-corrected chi connectivity index (χ0v) is 33.6. The van der Waals surface area contributed by atoms with E-state index in [1.165, 1.54) is 5.56 Å². The van der Waals surface area contributed by atoms with Crippen LogP contribution in [0.25, 0.3) is 0 Å². The van der Waals surface area contributed by atoms with Gasteiger partial charge in [-0.3, -0.25) is 24.5 Å². The molecule has 6 aliphatic heterocycles. The smallest absolute Gasteiger partial charge is 0.320 e. The lowest BCUT2D eigenvalue weighted by molar-refractivity contribution is -0.136. The molecule has 0 spiro atoms. The summed E-state index contributed by atoms with van der Waals surface area (Å²) >= 11 is 0. The average molecular weight is 804 g/mol. The van der Waals surface area contributed by atoms with E-state index in [4.69, 9.17) is 10.7 Å². The molecule has 2 unspecified atom stereocenters. The van der Waals surface area contributed by atoms with Crippen LogP contribution in [0.4, 0.5) is 27.8 Å². The molecule has 16 nitrogen and oxygen atoms in total. The lowest BCUT2D eigenvalue weighted by Gasteiger charge is -2.37. The van der Waals surface area contributed by atoms with Crippen LogP contribution in [-0.4, -0.2) is 137 Å². The van der Waals surface area contributed by atoms with Gasteiger partial charge in [0.05, 0.1) is 12.2 Å². The van der Waals surface area contributed by atoms with E-state index >= 15 is 0 Å². The number of likely N-dealkylation sites (tertiary alicyclic amines) is 1. The first kappa shape index (κ1) is 38.7. The van der Waals surface area contributed by atoms with Gasteiger partial charge >= 0.3 is 6.03 Å². The number of carbonyl (C=O) groups excluding carboxylic acids is 5. The first-order valence-electron chi connectivity index (χ1n) is 21.1. The molecule has 3 aromatic rings. The van der Waals surface area contributed by atoms with Gasteiger partial charge in [0.25, 0.3) is 11.8 Å². The summed E-state index contributed by atoms with van der Waals surface area (Å²) in [5.41, 5.74) is 10.6. The van der Waals surface area contributed by atoms with E-state index in [0.717, 1.165) is 101 Å². The van der Waals surface area contributed by atoms with E-state index in [1.807, 2.05) is 36.2 Å². The number of imide groups is 1. The van der Waals surface area contributed by atoms with Crippen molar-refractivity contribution in [1.29, 1.82) is 0 Å². The van der Waals surface area contributed by atoms with E-state index < -0.39 is 11.9 Å². The van der Waals surface area contributed by atoms with Gasteiger partial charge in [-0.1, -0.05) is 12.1 Å². The molecule has 1 aromatic heterocycles. The number of benzene rings is 2. The summed E-state index contributed by atoms with van der Waals surface area (Å²) in [6.07, 6.45) is 7.37. The highest BCUT2D eigenvalue weighted by Gasteiger charge is 2.40. The van der Waals surface area contributed by atoms with Crippen LogP contribution in [0.1, 0.15) is 82.8 Å². The van der Waals surface area contributed by atoms with E-state index in [1.54, 1.807) is 16.0 Å². The largest absolute Gasteiger partial charge is 0.371 e. The number of hydrogen-bond donors (Lipinski definition) is 3. The zero-order valence-electron chi connectivity index (χ0n) is 33.6. The molecule has 2 aromatic carbocycles. The predicted molar refractivity (Wildman–Crippen MR) is 221 cm³/mol. The van der Waals surface area contributed by atoms with Crippen LogP contribution >= 0.6 is 0 Å². The van der Waals surface area contributed by atoms with E-state index in [-0.39, 0.29) is 41.9 Å². The molecular formula is C43H53N11O5. The van der Waals surface area contributed by atoms with E-state index in [0.29, 0.717) is 48.5 Å². The van der Waals surface area contributed by atoms with Gasteiger partial charge in [-0.25, -0.2) is 14.8 Å². The standard InChI is InChI=1S/C43H53N11O5/c1-49-19-20-53(43(49)59)33-3-2-15-52(26-33)36-22-45-38(39(44)56)40(47-36)46-31-6-4-28(5-7-31)29-13-16-50(17-14-29)23-27-12-18-51(24-27)32-8-9-34-30(21-32)25-54(42(34)58)35-10-11-37(55)48-41(35)57/h4-9,21-22,27,29,33,35H,2-3,10-20,23-26H2,1H3,(H2,44,56)(H,46,47)(H,48,55,57)/t27-,33?,35?/m1/s1. The lowest BCUT2D eigenvalue weighted by Crippen LogP contribution is -2.52. The van der Waals surface area contributed by atoms with Gasteiger partial charge in [0.1, 0.15) is 11.9 Å². The maximum absolute atomic E-state index is 13.2. The molecule has 6 amide bonds. The van der Waals surface area contributed by atoms with Crippen molar-refractivity contribution < 1.29 is 24.0 Å². The number of nitrogens with one attached hydrogen (secondary N) is 2. The van der Waals surface area contributed by atoms with Crippen molar-refractivity contribution in [3.8, 4) is 0 Å². The van der Waals surface area contributed by atoms with Crippen molar-refractivity contribution in [3.63, 3.8) is 0 Å². The normalized spacial score (nSPS) is 24.3. The summed E-state index contributed by atoms with van der Waals surface area (Å²) in [7, 11) is 1.84. The number of carbonyl (C=O) groups is 5. The quantitative estimate of drug-likeness (QED) is 0.257. The number of fused-ring (bicyclic) bond motifs is 1. The fourth-order valence-electron chi connectivity index (χ4n) is 9.99. The maximum Gasteiger partial charge on any atom is 0.320 e. The Kier molecular flexibility index (Phi) is 10.6. The van der Waals surface area contributed by atoms with Crippen molar-refractivity contribution in [1.82, 2.24) is 34.9 Å². The van der Waals surface area contributed by atoms with Gasteiger partial charge < -0.3 is 40.4 Å². The second-order valence-corrected chi connectivity index (χ2v) is 17.1. The molecule has 59 heavy (non-hydrogen) atoms. The van der Waals surface area contributed by atoms with Gasteiger partial charge in [0, 0.05) is 82.8 Å². The molecule has 0 bridgehead atoms. The SMILES string of the molecule is CN1CCN(C2CCCN(c3cnc(C(N)=O)c(Nc4ccc(C5CCN(C[C@H]6CCN(c7ccc8c(c7)CN(C7CCC(=O)NC7=O)C8=O)C6)CC5)cc4)n3)C2)C1=O. The molecule has 0 radical (unpaired) electrons. The second kappa shape index (κ2) is 16.1. The van der Waals surface area contributed by atoms with Crippen LogP contribution in [0.3, 0.4) is 0 Å². The van der Waals surface area contributed by atoms with Gasteiger partial charge in [-0.15, -0.1) is 0 Å². The zero-order chi connectivity index (χ0) is 40.8. The van der Waals surface area contributed by atoms with Crippen molar-refractivity contribution in [2.75, 3.05) is 81.1 Å². The highest BCUT2D eigenvalue weighted by atomic mass is 16.2. The predicted octanol–water partition coefficient (Wildman–Crippen LogP) is 3.12. The highest BCUT2D eigenvalue weighted by molar-refractivity contribution is 6.05. The number of urea groups is 1. The summed E-state index contributed by atoms with van der Waals surface area (Å²) in [5.74, 6) is 0.546. The number of aromatic nitrogens is 2. The molecule has 7 heterocycles. The third-order valence-corrected chi connectivity index (χ3v) is 13.3. The van der Waals surface area contributed by atoms with Gasteiger partial charge in [0.15, 0.2) is 11.5 Å². The van der Waals surface area contributed by atoms with Crippen LogP contribution in [0, 0.1) is 5.92 Å². The number of anilines is 4. The van der Waals surface area contributed by atoms with Crippen molar-refractivity contribution >= 4 is 52.7 Å². The van der Waals surface area contributed by atoms with Crippen LogP contribution in [0.15, 0.2) is 48.7 Å². The van der Waals surface area contributed by atoms with Crippen LogP contribution in [0.2, 0.25) is 0 Å². The minimum absolute atomic E-state index is 0.0677. The number of primary amides is 1. The summed E-state index contributed by atoms with van der Waals surface area (Å²) in [5, 5.41) is 5.69. The Labute approximate surface area is 344 Å². The number of amides is 6. The van der Waals surface area contributed by atoms with Crippen LogP contribution in [0.5, 0.6) is 0 Å². The third kappa shape index (κ3) is 7.89. The van der Waals surface area contributed by atoms with Crippen molar-refractivity contribution in [3.05, 3.63) is 71.0 Å². The first-order valence-corrected chi connectivity index (χ1v) is 21.1. The van der Waals surface area contributed by atoms with E-state index in [2.05, 4.69) is 48.5 Å². The Morgan fingerprint density at radius 1 is 0.881 bits per heavy atom. The summed E-state index contributed by atoms with van der Waals surface area (Å²) < 4.78 is 0. The molecule has 0 saturated carbocycles. The van der Waals surface area contributed by atoms with E-state index in [9.17, 15) is 24.0 Å². The second-order valence-electron chi connectivity index (χ2n) is 17.1. The number of likely N-dealkylation sites (N-methyl/N-ethyl adjacent to an activating group) is 1. The fourth-order valence-corrected chi connectivity index (χ4v) is 9.99. The monoisotopic (exact) mass is 803 g/mol. The molecule has 0 aliphatic carbocycles. The first-order chi connectivity index (χ1) is 28.6. The minimum Gasteiger partial charge on any atom is -0.371 e. The van der Waals surface area contributed by atoms with Crippen molar-refractivity contribution in [2.45, 2.75) is 69.5 Å². The van der Waals surface area contributed by atoms with Gasteiger partial charge in [-0.05, 0) is 105 Å². The molecule has 16 heteroatoms. The Morgan fingerprint density at radius 2 is 1.69 bits per heavy atom. The molecule has 4 N–H and O–H groups in total. The molecular weight excluding hydrogens is 751 g/mol. The lowest BCUT2D eigenvalue weighted by atomic mass is 9.89. The number of piperidine rings is 3. The molecule has 5 saturated heterocycles. The summed E-state index contributed by atoms with van der Waals surface area (Å²) in [4.78, 5) is 84.1. The highest BCUT2D eigenvalue weighted by Crippen LogP contribution is 2.35. The number of nitrogens with two attached hydrogens (primary N) is 1. The Hall–Kier alpha value is -5.77. The molecule has 310 valence electrons. The average Bonchev–Trinajstić information content (AvgIpc) is 3.94.